The number of fused-ring (bicyclic) bond motifs is 1. The number of hydrogen-bond acceptors (Lipinski definition) is 18. The summed E-state index contributed by atoms with van der Waals surface area (Å²) in [6.07, 6.45) is 2.38. The third-order valence-electron chi connectivity index (χ3n) is 12.1. The van der Waals surface area contributed by atoms with Crippen molar-refractivity contribution in [3.05, 3.63) is 112 Å². The minimum absolute atomic E-state index is 0.111. The van der Waals surface area contributed by atoms with Crippen molar-refractivity contribution < 1.29 is 88.3 Å². The first-order chi connectivity index (χ1) is 39.3. The standard InChI is InChI=1S/C56H78Cl2F3N3O16S/c1-44(65)13-17-68-18-19-69-20-21-70-22-23-71-24-25-72-26-27-73-28-29-74-30-31-75-32-33-76-34-35-77-36-37-78-38-39-79-40-41-80-53-43-47(54(45-2-6-48(57)7-3-45)46-4-8-49(58)9-5-46)42-51-52(10-14-62-55(51)53)63-50-11-15-64(16-12-50)81(66,67)56(59,60)61/h2-10,14,42-43,50,54,65H,1,11-13,15-41H2,(H,62,63). The topological polar surface area (TPSA) is 203 Å². The fourth-order valence-corrected chi connectivity index (χ4v) is 9.30. The zero-order chi connectivity index (χ0) is 57.8. The summed E-state index contributed by atoms with van der Waals surface area (Å²) in [5.74, 6) is 0.299. The molecule has 5 rings (SSSR count). The summed E-state index contributed by atoms with van der Waals surface area (Å²) in [5.41, 5.74) is -1.39. The van der Waals surface area contributed by atoms with E-state index in [2.05, 4.69) is 16.9 Å². The number of alkyl halides is 3. The smallest absolute Gasteiger partial charge is 0.511 e. The normalized spacial score (nSPS) is 13.7. The zero-order valence-corrected chi connectivity index (χ0v) is 48.1. The molecule has 2 heterocycles. The first-order valence-corrected chi connectivity index (χ1v) is 29.2. The molecule has 4 aromatic rings. The van der Waals surface area contributed by atoms with Gasteiger partial charge in [0.1, 0.15) is 17.9 Å². The molecule has 1 aliphatic heterocycles. The van der Waals surface area contributed by atoms with Crippen molar-refractivity contribution in [1.82, 2.24) is 9.29 Å². The van der Waals surface area contributed by atoms with Gasteiger partial charge in [-0.05, 0) is 72.0 Å². The monoisotopic (exact) mass is 1210 g/mol. The summed E-state index contributed by atoms with van der Waals surface area (Å²) in [4.78, 5) is 4.69. The molecule has 0 amide bonds. The average molecular weight is 1210 g/mol. The van der Waals surface area contributed by atoms with Gasteiger partial charge < -0.3 is 72.0 Å². The van der Waals surface area contributed by atoms with E-state index in [1.54, 1.807) is 12.3 Å². The Hall–Kier alpha value is -3.99. The number of rotatable bonds is 46. The van der Waals surface area contributed by atoms with Crippen molar-refractivity contribution >= 4 is 49.8 Å². The third kappa shape index (κ3) is 26.6. The van der Waals surface area contributed by atoms with Crippen molar-refractivity contribution in [2.24, 2.45) is 0 Å². The Morgan fingerprint density at radius 3 is 1.28 bits per heavy atom. The van der Waals surface area contributed by atoms with Crippen LogP contribution in [0.1, 0.15) is 41.9 Å². The van der Waals surface area contributed by atoms with E-state index >= 15 is 0 Å². The van der Waals surface area contributed by atoms with E-state index in [-0.39, 0.29) is 56.9 Å². The van der Waals surface area contributed by atoms with Crippen LogP contribution in [0.2, 0.25) is 10.0 Å². The molecular weight excluding hydrogens is 1130 g/mol. The van der Waals surface area contributed by atoms with Gasteiger partial charge in [-0.3, -0.25) is 4.98 Å². The minimum Gasteiger partial charge on any atom is -0.513 e. The number of sulfonamides is 1. The fraction of sp³-hybridized carbons (Fsp3) is 0.589. The number of aliphatic hydroxyl groups is 1. The van der Waals surface area contributed by atoms with E-state index in [1.165, 1.54) is 0 Å². The molecule has 0 bridgehead atoms. The Kier molecular flexibility index (Phi) is 33.1. The van der Waals surface area contributed by atoms with Gasteiger partial charge >= 0.3 is 15.5 Å². The van der Waals surface area contributed by atoms with E-state index in [0.717, 1.165) is 16.7 Å². The lowest BCUT2D eigenvalue weighted by molar-refractivity contribution is -0.0494. The molecule has 25 heteroatoms. The van der Waals surface area contributed by atoms with Gasteiger partial charge in [-0.2, -0.15) is 17.5 Å². The van der Waals surface area contributed by atoms with Gasteiger partial charge in [0.2, 0.25) is 0 Å². The summed E-state index contributed by atoms with van der Waals surface area (Å²) >= 11 is 12.6. The van der Waals surface area contributed by atoms with Crippen LogP contribution in [0.3, 0.4) is 0 Å². The molecule has 0 aliphatic carbocycles. The van der Waals surface area contributed by atoms with E-state index in [0.29, 0.717) is 195 Å². The van der Waals surface area contributed by atoms with Crippen LogP contribution in [0.4, 0.5) is 18.9 Å². The summed E-state index contributed by atoms with van der Waals surface area (Å²) in [7, 11) is -5.42. The second kappa shape index (κ2) is 39.5. The van der Waals surface area contributed by atoms with Gasteiger partial charge in [-0.15, -0.1) is 0 Å². The first-order valence-electron chi connectivity index (χ1n) is 27.0. The van der Waals surface area contributed by atoms with Crippen LogP contribution in [-0.2, 0) is 66.9 Å². The zero-order valence-electron chi connectivity index (χ0n) is 45.8. The first kappa shape index (κ1) is 67.8. The van der Waals surface area contributed by atoms with Crippen LogP contribution in [0.15, 0.2) is 85.3 Å². The van der Waals surface area contributed by atoms with Gasteiger partial charge in [0.05, 0.1) is 164 Å². The van der Waals surface area contributed by atoms with Crippen LogP contribution >= 0.6 is 23.2 Å². The molecule has 19 nitrogen and oxygen atoms in total. The van der Waals surface area contributed by atoms with Gasteiger partial charge in [0.15, 0.2) is 0 Å². The lowest BCUT2D eigenvalue weighted by atomic mass is 9.84. The average Bonchev–Trinajstić information content (AvgIpc) is 3.44. The molecule has 0 atom stereocenters. The van der Waals surface area contributed by atoms with Gasteiger partial charge in [-0.1, -0.05) is 54.0 Å². The Bertz CT molecular complexity index is 2400. The Labute approximate surface area is 483 Å². The lowest BCUT2D eigenvalue weighted by Gasteiger charge is -2.32. The molecule has 1 fully saturated rings. The summed E-state index contributed by atoms with van der Waals surface area (Å²) < 4.78 is 137. The third-order valence-corrected chi connectivity index (χ3v) is 14.3. The second-order valence-electron chi connectivity index (χ2n) is 18.1. The summed E-state index contributed by atoms with van der Waals surface area (Å²) in [6.45, 7) is 13.3. The van der Waals surface area contributed by atoms with E-state index in [1.807, 2.05) is 60.7 Å². The highest BCUT2D eigenvalue weighted by atomic mass is 35.5. The second-order valence-corrected chi connectivity index (χ2v) is 20.9. The number of anilines is 1. The largest absolute Gasteiger partial charge is 0.513 e. The molecule has 0 spiro atoms. The van der Waals surface area contributed by atoms with Gasteiger partial charge in [0, 0.05) is 58.8 Å². The molecule has 0 saturated carbocycles. The molecule has 454 valence electrons. The van der Waals surface area contributed by atoms with Gasteiger partial charge in [0.25, 0.3) is 0 Å². The van der Waals surface area contributed by atoms with Crippen LogP contribution in [0, 0.1) is 0 Å². The number of nitrogens with zero attached hydrogens (tertiary/aromatic N) is 2. The molecular formula is C56H78Cl2F3N3O16S. The van der Waals surface area contributed by atoms with E-state index < -0.39 is 15.5 Å². The maximum absolute atomic E-state index is 13.3. The van der Waals surface area contributed by atoms with Crippen LogP contribution in [0.25, 0.3) is 10.9 Å². The minimum atomic E-state index is -5.42. The molecule has 81 heavy (non-hydrogen) atoms. The molecule has 3 aromatic carbocycles. The number of aromatic nitrogens is 1. The molecule has 0 radical (unpaired) electrons. The number of ether oxygens (including phenoxy) is 13. The Morgan fingerprint density at radius 2 is 0.926 bits per heavy atom. The predicted molar refractivity (Wildman–Crippen MR) is 300 cm³/mol. The highest BCUT2D eigenvalue weighted by Crippen LogP contribution is 2.40. The lowest BCUT2D eigenvalue weighted by Crippen LogP contribution is -2.47. The van der Waals surface area contributed by atoms with Crippen molar-refractivity contribution in [2.75, 3.05) is 184 Å². The summed E-state index contributed by atoms with van der Waals surface area (Å²) in [6, 6.07) is 20.5. The van der Waals surface area contributed by atoms with Crippen molar-refractivity contribution in [1.29, 1.82) is 0 Å². The highest BCUT2D eigenvalue weighted by molar-refractivity contribution is 7.90. The van der Waals surface area contributed by atoms with Gasteiger partial charge in [-0.25, -0.2) is 8.42 Å². The van der Waals surface area contributed by atoms with Crippen LogP contribution < -0.4 is 10.1 Å². The van der Waals surface area contributed by atoms with Crippen molar-refractivity contribution in [2.45, 2.75) is 36.7 Å². The maximum atomic E-state index is 13.3. The van der Waals surface area contributed by atoms with Crippen molar-refractivity contribution in [3.8, 4) is 5.75 Å². The van der Waals surface area contributed by atoms with E-state index in [9.17, 15) is 21.6 Å². The predicted octanol–water partition coefficient (Wildman–Crippen LogP) is 8.49. The fourth-order valence-electron chi connectivity index (χ4n) is 8.06. The quantitative estimate of drug-likeness (QED) is 0.0242. The Balaban J connectivity index is 0.881. The molecule has 1 aromatic heterocycles. The van der Waals surface area contributed by atoms with Crippen LogP contribution in [0.5, 0.6) is 5.75 Å². The number of aliphatic hydroxyl groups excluding tert-OH is 1. The summed E-state index contributed by atoms with van der Waals surface area (Å²) in [5, 5.41) is 14.3. The number of halogens is 5. The SMILES string of the molecule is C=C(O)CCOCCOCCOCCOCCOCCOCCOCCOCCOCCOCCOCCOCCOc1cc(C(c2ccc(Cl)cc2)c2ccc(Cl)cc2)cc2c(NC3CCN(S(=O)(=O)C(F)(F)F)CC3)ccnc12. The van der Waals surface area contributed by atoms with E-state index in [4.69, 9.17) is 89.9 Å². The maximum Gasteiger partial charge on any atom is 0.511 e. The number of pyridine rings is 1. The number of piperidine rings is 1. The Morgan fingerprint density at radius 1 is 0.568 bits per heavy atom. The van der Waals surface area contributed by atoms with Crippen molar-refractivity contribution in [3.63, 3.8) is 0 Å². The molecule has 2 N–H and O–H groups in total. The molecule has 1 aliphatic rings. The van der Waals surface area contributed by atoms with Crippen LogP contribution in [-0.4, -0.2) is 213 Å². The molecule has 1 saturated heterocycles. The number of benzene rings is 3. The number of hydrogen-bond donors (Lipinski definition) is 2. The number of nitrogens with one attached hydrogen (secondary N) is 1. The molecule has 0 unspecified atom stereocenters. The highest BCUT2D eigenvalue weighted by Gasteiger charge is 2.50.